The Balaban J connectivity index is 1.39. The monoisotopic (exact) mass is 420 g/mol. The molecule has 2 saturated carbocycles. The molecule has 0 bridgehead atoms. The smallest absolute Gasteiger partial charge is 0.225 e. The van der Waals surface area contributed by atoms with Crippen molar-refractivity contribution in [2.75, 3.05) is 12.4 Å². The Kier molecular flexibility index (Phi) is 5.03. The first-order valence-corrected chi connectivity index (χ1v) is 11.1. The molecule has 2 atom stereocenters. The number of fused-ring (bicyclic) bond motifs is 1. The second-order valence-electron chi connectivity index (χ2n) is 8.62. The summed E-state index contributed by atoms with van der Waals surface area (Å²) in [6, 6.07) is 0.667. The quantitative estimate of drug-likeness (QED) is 0.654. The highest BCUT2D eigenvalue weighted by Crippen LogP contribution is 2.34. The lowest BCUT2D eigenvalue weighted by Gasteiger charge is -2.21. The van der Waals surface area contributed by atoms with Crippen LogP contribution in [0.5, 0.6) is 0 Å². The van der Waals surface area contributed by atoms with Gasteiger partial charge in [-0.2, -0.15) is 0 Å². The van der Waals surface area contributed by atoms with Crippen molar-refractivity contribution in [3.63, 3.8) is 0 Å². The predicted molar refractivity (Wildman–Crippen MR) is 117 cm³/mol. The van der Waals surface area contributed by atoms with E-state index in [2.05, 4.69) is 36.7 Å². The molecule has 2 aliphatic rings. The summed E-state index contributed by atoms with van der Waals surface area (Å²) in [4.78, 5) is 37.2. The lowest BCUT2D eigenvalue weighted by molar-refractivity contribution is -0.134. The molecule has 0 radical (unpaired) electrons. The van der Waals surface area contributed by atoms with Gasteiger partial charge in [0.2, 0.25) is 5.91 Å². The van der Waals surface area contributed by atoms with Gasteiger partial charge in [0.05, 0.1) is 5.56 Å². The van der Waals surface area contributed by atoms with Crippen molar-refractivity contribution >= 4 is 22.9 Å². The Labute approximate surface area is 181 Å². The van der Waals surface area contributed by atoms with Crippen LogP contribution in [-0.4, -0.2) is 59.4 Å². The molecule has 0 aliphatic heterocycles. The number of nitrogens with one attached hydrogen (secondary N) is 1. The average molecular weight is 421 g/mol. The van der Waals surface area contributed by atoms with E-state index in [1.165, 1.54) is 0 Å². The molecule has 1 N–H and O–H groups in total. The molecule has 2 aliphatic carbocycles. The molecule has 0 aromatic carbocycles. The first kappa shape index (κ1) is 19.8. The van der Waals surface area contributed by atoms with Crippen molar-refractivity contribution in [1.29, 1.82) is 0 Å². The highest BCUT2D eigenvalue weighted by atomic mass is 16.2. The molecule has 9 nitrogen and oxygen atoms in total. The number of amides is 1. The summed E-state index contributed by atoms with van der Waals surface area (Å²) in [5.74, 6) is 2.61. The molecule has 0 unspecified atom stereocenters. The van der Waals surface area contributed by atoms with E-state index in [9.17, 15) is 4.79 Å². The third kappa shape index (κ3) is 3.73. The van der Waals surface area contributed by atoms with Crippen molar-refractivity contribution in [2.24, 2.45) is 5.92 Å². The van der Waals surface area contributed by atoms with Crippen molar-refractivity contribution in [3.05, 3.63) is 24.5 Å². The summed E-state index contributed by atoms with van der Waals surface area (Å²) >= 11 is 0. The minimum absolute atomic E-state index is 0.0916. The number of imidazole rings is 1. The lowest BCUT2D eigenvalue weighted by Crippen LogP contribution is -2.34. The van der Waals surface area contributed by atoms with Crippen LogP contribution in [0.2, 0.25) is 0 Å². The van der Waals surface area contributed by atoms with E-state index in [1.807, 2.05) is 18.9 Å². The van der Waals surface area contributed by atoms with Gasteiger partial charge in [0.1, 0.15) is 18.0 Å². The first-order chi connectivity index (χ1) is 15.0. The number of carbonyl (C=O) groups excluding carboxylic acids is 1. The Bertz CT molecular complexity index is 1100. The normalized spacial score (nSPS) is 20.9. The average Bonchev–Trinajstić information content (AvgIpc) is 3.41. The van der Waals surface area contributed by atoms with Crippen LogP contribution in [0, 0.1) is 12.8 Å². The minimum atomic E-state index is 0.0916. The van der Waals surface area contributed by atoms with E-state index >= 15 is 0 Å². The number of rotatable bonds is 6. The molecule has 9 heteroatoms. The Hall–Kier alpha value is -3.10. The molecule has 2 fully saturated rings. The van der Waals surface area contributed by atoms with E-state index < -0.39 is 0 Å². The van der Waals surface area contributed by atoms with Crippen molar-refractivity contribution in [1.82, 2.24) is 34.4 Å². The SMILES string of the molecule is CCn1c(-c2cnc(C)nc2)nc2c(N[C@H]3CC[C@H](C(=O)N(C)C4CC4)C3)ncnc21. The lowest BCUT2D eigenvalue weighted by atomic mass is 10.1. The maximum Gasteiger partial charge on any atom is 0.225 e. The van der Waals surface area contributed by atoms with Crippen LogP contribution in [0.15, 0.2) is 18.7 Å². The fraction of sp³-hybridized carbons (Fsp3) is 0.545. The standard InChI is InChI=1S/C22H28N8O/c1-4-30-20(15-10-23-13(2)24-11-15)28-18-19(25-12-26-21(18)30)27-16-6-5-14(9-16)22(31)29(3)17-7-8-17/h10-12,14,16-17H,4-9H2,1-3H3,(H,25,26,27)/t14-,16-/m0/s1. The first-order valence-electron chi connectivity index (χ1n) is 11.1. The maximum absolute atomic E-state index is 12.7. The van der Waals surface area contributed by atoms with E-state index in [1.54, 1.807) is 18.7 Å². The molecule has 1 amide bonds. The number of aromatic nitrogens is 6. The predicted octanol–water partition coefficient (Wildman–Crippen LogP) is 2.81. The molecular formula is C22H28N8O. The van der Waals surface area contributed by atoms with Gasteiger partial charge in [0.15, 0.2) is 17.0 Å². The number of anilines is 1. The summed E-state index contributed by atoms with van der Waals surface area (Å²) in [5, 5.41) is 3.55. The third-order valence-corrected chi connectivity index (χ3v) is 6.45. The van der Waals surface area contributed by atoms with Crippen LogP contribution in [0.4, 0.5) is 5.82 Å². The van der Waals surface area contributed by atoms with Gasteiger partial charge < -0.3 is 14.8 Å². The largest absolute Gasteiger partial charge is 0.365 e. The second kappa shape index (κ2) is 7.86. The summed E-state index contributed by atoms with van der Waals surface area (Å²) in [6.07, 6.45) is 10.1. The highest BCUT2D eigenvalue weighted by Gasteiger charge is 2.37. The Morgan fingerprint density at radius 2 is 1.94 bits per heavy atom. The molecule has 3 aromatic rings. The van der Waals surface area contributed by atoms with Crippen LogP contribution >= 0.6 is 0 Å². The van der Waals surface area contributed by atoms with E-state index in [4.69, 9.17) is 4.98 Å². The van der Waals surface area contributed by atoms with Crippen molar-refractivity contribution < 1.29 is 4.79 Å². The number of carbonyl (C=O) groups is 1. The van der Waals surface area contributed by atoms with Crippen LogP contribution in [0.3, 0.4) is 0 Å². The van der Waals surface area contributed by atoms with Crippen LogP contribution in [-0.2, 0) is 11.3 Å². The van der Waals surface area contributed by atoms with Gasteiger partial charge in [-0.15, -0.1) is 0 Å². The van der Waals surface area contributed by atoms with Gasteiger partial charge in [-0.25, -0.2) is 24.9 Å². The zero-order chi connectivity index (χ0) is 21.5. The highest BCUT2D eigenvalue weighted by molar-refractivity contribution is 5.86. The Morgan fingerprint density at radius 1 is 1.16 bits per heavy atom. The summed E-state index contributed by atoms with van der Waals surface area (Å²) in [6.45, 7) is 4.66. The summed E-state index contributed by atoms with van der Waals surface area (Å²) in [7, 11) is 1.95. The number of aryl methyl sites for hydroxylation is 2. The zero-order valence-electron chi connectivity index (χ0n) is 18.2. The molecule has 3 aromatic heterocycles. The molecule has 3 heterocycles. The van der Waals surface area contributed by atoms with Gasteiger partial charge in [0, 0.05) is 44.0 Å². The van der Waals surface area contributed by atoms with Crippen LogP contribution in [0.25, 0.3) is 22.6 Å². The second-order valence-corrected chi connectivity index (χ2v) is 8.62. The van der Waals surface area contributed by atoms with E-state index in [0.717, 1.165) is 72.8 Å². The topological polar surface area (TPSA) is 102 Å². The number of nitrogens with zero attached hydrogens (tertiary/aromatic N) is 7. The molecule has 0 saturated heterocycles. The van der Waals surface area contributed by atoms with Crippen molar-refractivity contribution in [3.8, 4) is 11.4 Å². The number of hydrogen-bond donors (Lipinski definition) is 1. The minimum Gasteiger partial charge on any atom is -0.365 e. The summed E-state index contributed by atoms with van der Waals surface area (Å²) in [5.41, 5.74) is 2.38. The molecular weight excluding hydrogens is 392 g/mol. The van der Waals surface area contributed by atoms with Crippen molar-refractivity contribution in [2.45, 2.75) is 64.6 Å². The van der Waals surface area contributed by atoms with E-state index in [-0.39, 0.29) is 17.9 Å². The van der Waals surface area contributed by atoms with Gasteiger partial charge in [-0.05, 0) is 46.0 Å². The molecule has 31 heavy (non-hydrogen) atoms. The zero-order valence-corrected chi connectivity index (χ0v) is 18.2. The molecule has 0 spiro atoms. The third-order valence-electron chi connectivity index (χ3n) is 6.45. The fourth-order valence-corrected chi connectivity index (χ4v) is 4.53. The number of hydrogen-bond acceptors (Lipinski definition) is 7. The van der Waals surface area contributed by atoms with E-state index in [0.29, 0.717) is 6.04 Å². The molecule has 5 rings (SSSR count). The fourth-order valence-electron chi connectivity index (χ4n) is 4.53. The summed E-state index contributed by atoms with van der Waals surface area (Å²) < 4.78 is 2.06. The maximum atomic E-state index is 12.7. The van der Waals surface area contributed by atoms with Crippen LogP contribution < -0.4 is 5.32 Å². The Morgan fingerprint density at radius 3 is 2.65 bits per heavy atom. The van der Waals surface area contributed by atoms with Gasteiger partial charge in [-0.1, -0.05) is 0 Å². The van der Waals surface area contributed by atoms with Crippen LogP contribution in [0.1, 0.15) is 44.9 Å². The van der Waals surface area contributed by atoms with Gasteiger partial charge in [0.25, 0.3) is 0 Å². The van der Waals surface area contributed by atoms with Gasteiger partial charge >= 0.3 is 0 Å². The molecule has 162 valence electrons. The van der Waals surface area contributed by atoms with Gasteiger partial charge in [-0.3, -0.25) is 4.79 Å².